The van der Waals surface area contributed by atoms with Gasteiger partial charge in [-0.3, -0.25) is 14.4 Å². The summed E-state index contributed by atoms with van der Waals surface area (Å²) in [5.74, 6) is -3.54. The number of esters is 4. The van der Waals surface area contributed by atoms with Crippen LogP contribution in [0, 0.1) is 17.8 Å². The first-order valence-corrected chi connectivity index (χ1v) is 12.4. The molecule has 9 nitrogen and oxygen atoms in total. The predicted molar refractivity (Wildman–Crippen MR) is 127 cm³/mol. The van der Waals surface area contributed by atoms with Crippen LogP contribution in [0.3, 0.4) is 0 Å². The predicted octanol–water partition coefficient (Wildman–Crippen LogP) is 2.89. The molecule has 194 valence electrons. The van der Waals surface area contributed by atoms with Gasteiger partial charge in [-0.05, 0) is 49.1 Å². The van der Waals surface area contributed by atoms with Crippen LogP contribution in [-0.4, -0.2) is 55.9 Å². The lowest BCUT2D eigenvalue weighted by molar-refractivity contribution is -0.163. The molecule has 2 aromatic carbocycles. The molecule has 3 aliphatic rings. The number of benzene rings is 2. The molecule has 2 aromatic rings. The van der Waals surface area contributed by atoms with Gasteiger partial charge in [0.05, 0.1) is 31.3 Å². The Morgan fingerprint density at radius 2 is 1.76 bits per heavy atom. The molecule has 0 amide bonds. The average molecular weight is 509 g/mol. The normalized spacial score (nSPS) is 27.5. The molecule has 0 saturated carbocycles. The fourth-order valence-electron chi connectivity index (χ4n) is 5.62. The first kappa shape index (κ1) is 25.0. The Hall–Kier alpha value is -3.72. The summed E-state index contributed by atoms with van der Waals surface area (Å²) in [5.41, 5.74) is 0.157. The lowest BCUT2D eigenvalue weighted by Gasteiger charge is -2.35. The fraction of sp³-hybridized carbons (Fsp3) is 0.429. The van der Waals surface area contributed by atoms with Gasteiger partial charge < -0.3 is 23.7 Å². The van der Waals surface area contributed by atoms with Gasteiger partial charge in [0.25, 0.3) is 0 Å². The highest BCUT2D eigenvalue weighted by atomic mass is 16.6. The quantitative estimate of drug-likeness (QED) is 0.271. The second kappa shape index (κ2) is 10.3. The van der Waals surface area contributed by atoms with E-state index in [1.807, 2.05) is 24.3 Å². The maximum atomic E-state index is 12.6. The Kier molecular flexibility index (Phi) is 6.97. The summed E-state index contributed by atoms with van der Waals surface area (Å²) in [6.07, 6.45) is 1.39. The second-order valence-electron chi connectivity index (χ2n) is 9.61. The summed E-state index contributed by atoms with van der Waals surface area (Å²) in [6.45, 7) is -0.258. The van der Waals surface area contributed by atoms with Crippen molar-refractivity contribution in [2.24, 2.45) is 17.8 Å². The second-order valence-corrected chi connectivity index (χ2v) is 9.61. The third-order valence-corrected chi connectivity index (χ3v) is 7.48. The van der Waals surface area contributed by atoms with E-state index in [1.54, 1.807) is 37.4 Å². The smallest absolute Gasteiger partial charge is 0.338 e. The van der Waals surface area contributed by atoms with Crippen LogP contribution in [0.2, 0.25) is 0 Å². The van der Waals surface area contributed by atoms with Crippen molar-refractivity contribution < 1.29 is 42.9 Å². The first-order valence-electron chi connectivity index (χ1n) is 12.4. The number of hydrogen-bond donors (Lipinski definition) is 0. The molecule has 3 fully saturated rings. The molecule has 0 aliphatic carbocycles. The molecule has 1 unspecified atom stereocenters. The van der Waals surface area contributed by atoms with Gasteiger partial charge in [-0.15, -0.1) is 0 Å². The summed E-state index contributed by atoms with van der Waals surface area (Å²) in [4.78, 5) is 50.0. The molecule has 0 spiro atoms. The van der Waals surface area contributed by atoms with Crippen molar-refractivity contribution >= 4 is 23.9 Å². The lowest BCUT2D eigenvalue weighted by atomic mass is 9.67. The molecule has 3 heterocycles. The molecule has 2 bridgehead atoms. The summed E-state index contributed by atoms with van der Waals surface area (Å²) < 4.78 is 27.3. The molecule has 0 radical (unpaired) electrons. The van der Waals surface area contributed by atoms with Crippen molar-refractivity contribution in [3.05, 3.63) is 65.7 Å². The van der Waals surface area contributed by atoms with Crippen LogP contribution in [0.25, 0.3) is 0 Å². The zero-order valence-corrected chi connectivity index (χ0v) is 20.4. The molecule has 3 saturated heterocycles. The van der Waals surface area contributed by atoms with Crippen molar-refractivity contribution in [2.45, 2.75) is 37.4 Å². The Morgan fingerprint density at radius 3 is 2.49 bits per heavy atom. The molecule has 37 heavy (non-hydrogen) atoms. The number of carbonyl (C=O) groups is 4. The van der Waals surface area contributed by atoms with E-state index in [0.29, 0.717) is 24.8 Å². The number of hydrogen-bond acceptors (Lipinski definition) is 9. The number of cyclic esters (lactones) is 2. The van der Waals surface area contributed by atoms with E-state index in [0.717, 1.165) is 11.3 Å². The van der Waals surface area contributed by atoms with Crippen molar-refractivity contribution in [2.75, 3.05) is 20.3 Å². The largest absolute Gasteiger partial charge is 0.497 e. The van der Waals surface area contributed by atoms with Crippen molar-refractivity contribution in [1.29, 1.82) is 0 Å². The van der Waals surface area contributed by atoms with E-state index < -0.39 is 47.4 Å². The third kappa shape index (κ3) is 4.83. The zero-order chi connectivity index (χ0) is 26.0. The monoisotopic (exact) mass is 508 g/mol. The zero-order valence-electron chi connectivity index (χ0n) is 20.4. The van der Waals surface area contributed by atoms with Crippen LogP contribution in [0.1, 0.15) is 35.2 Å². The van der Waals surface area contributed by atoms with Crippen LogP contribution in [-0.2, 0) is 39.8 Å². The van der Waals surface area contributed by atoms with Gasteiger partial charge in [0.1, 0.15) is 23.9 Å². The minimum atomic E-state index is -1.29. The van der Waals surface area contributed by atoms with Gasteiger partial charge in [0, 0.05) is 12.3 Å². The van der Waals surface area contributed by atoms with E-state index >= 15 is 0 Å². The Labute approximate surface area is 214 Å². The molecule has 9 heteroatoms. The van der Waals surface area contributed by atoms with E-state index in [4.69, 9.17) is 23.7 Å². The minimum absolute atomic E-state index is 0.00849. The average Bonchev–Trinajstić information content (AvgIpc) is 3.55. The van der Waals surface area contributed by atoms with Gasteiger partial charge in [-0.25, -0.2) is 4.79 Å². The van der Waals surface area contributed by atoms with Crippen molar-refractivity contribution in [3.63, 3.8) is 0 Å². The number of aryl methyl sites for hydroxylation is 1. The van der Waals surface area contributed by atoms with Gasteiger partial charge >= 0.3 is 23.9 Å². The van der Waals surface area contributed by atoms with Crippen LogP contribution in [0.15, 0.2) is 54.6 Å². The Morgan fingerprint density at radius 1 is 1.00 bits per heavy atom. The number of ether oxygens (including phenoxy) is 5. The number of carbonyl (C=O) groups excluding carboxylic acids is 4. The maximum Gasteiger partial charge on any atom is 0.338 e. The highest BCUT2D eigenvalue weighted by Crippen LogP contribution is 2.57. The van der Waals surface area contributed by atoms with Crippen LogP contribution in [0.4, 0.5) is 0 Å². The van der Waals surface area contributed by atoms with E-state index in [2.05, 4.69) is 0 Å². The van der Waals surface area contributed by atoms with Gasteiger partial charge in [-0.1, -0.05) is 30.3 Å². The topological polar surface area (TPSA) is 114 Å². The molecular formula is C28H28O9. The van der Waals surface area contributed by atoms with Gasteiger partial charge in [-0.2, -0.15) is 0 Å². The van der Waals surface area contributed by atoms with Crippen LogP contribution < -0.4 is 4.74 Å². The fourth-order valence-corrected chi connectivity index (χ4v) is 5.62. The summed E-state index contributed by atoms with van der Waals surface area (Å²) in [7, 11) is 1.61. The molecule has 5 rings (SSSR count). The van der Waals surface area contributed by atoms with E-state index in [-0.39, 0.29) is 25.6 Å². The Balaban J connectivity index is 1.20. The molecule has 5 atom stereocenters. The molecule has 0 aromatic heterocycles. The molecule has 3 aliphatic heterocycles. The van der Waals surface area contributed by atoms with Crippen LogP contribution >= 0.6 is 0 Å². The van der Waals surface area contributed by atoms with E-state index in [1.165, 1.54) is 0 Å². The highest BCUT2D eigenvalue weighted by molar-refractivity contribution is 5.98. The van der Waals surface area contributed by atoms with Crippen LogP contribution in [0.5, 0.6) is 5.75 Å². The number of methoxy groups -OCH3 is 1. The standard InChI is InChI=1S/C28H28O9/c1-33-20-12-10-17(11-13-20)6-5-9-22(29)34-15-19-14-21-23-24(27(32)36-26(23)31)28(19,37-21)16-35-25(30)18-7-3-2-4-8-18/h2-4,7-8,10-13,19,21,23-24H,5-6,9,14-16H2,1H3/t19-,21?,23+,24-,28+/m0/s1. The minimum Gasteiger partial charge on any atom is -0.497 e. The Bertz CT molecular complexity index is 1180. The van der Waals surface area contributed by atoms with E-state index in [9.17, 15) is 19.2 Å². The molecule has 0 N–H and O–H groups in total. The van der Waals surface area contributed by atoms with Gasteiger partial charge in [0.2, 0.25) is 0 Å². The van der Waals surface area contributed by atoms with Crippen molar-refractivity contribution in [1.82, 2.24) is 0 Å². The third-order valence-electron chi connectivity index (χ3n) is 7.48. The summed E-state index contributed by atoms with van der Waals surface area (Å²) in [6, 6.07) is 16.1. The lowest BCUT2D eigenvalue weighted by Crippen LogP contribution is -2.51. The highest BCUT2D eigenvalue weighted by Gasteiger charge is 2.73. The molecular weight excluding hydrogens is 480 g/mol. The number of rotatable bonds is 10. The summed E-state index contributed by atoms with van der Waals surface area (Å²) >= 11 is 0. The number of fused-ring (bicyclic) bond motifs is 5. The van der Waals surface area contributed by atoms with Gasteiger partial charge in [0.15, 0.2) is 0 Å². The van der Waals surface area contributed by atoms with Crippen molar-refractivity contribution in [3.8, 4) is 5.75 Å². The first-order chi connectivity index (χ1) is 17.9. The SMILES string of the molecule is COc1ccc(CCCC(=O)OC[C@@H]2CC3O[C@@]2(COC(=O)c2ccccc2)[C@@H]2C(=O)OC(=O)[C@H]32)cc1. The summed E-state index contributed by atoms with van der Waals surface area (Å²) in [5, 5.41) is 0. The maximum absolute atomic E-state index is 12.6.